The highest BCUT2D eigenvalue weighted by atomic mass is 16.5. The summed E-state index contributed by atoms with van der Waals surface area (Å²) in [6.45, 7) is 1.39. The second-order valence-corrected chi connectivity index (χ2v) is 3.57. The number of hydrogen-bond donors (Lipinski definition) is 0. The Hall–Kier alpha value is -1.19. The van der Waals surface area contributed by atoms with Gasteiger partial charge in [-0.15, -0.1) is 0 Å². The van der Waals surface area contributed by atoms with Crippen LogP contribution in [0.3, 0.4) is 0 Å². The topological polar surface area (TPSA) is 60.4 Å². The molecule has 0 amide bonds. The molecule has 0 N–H and O–H groups in total. The lowest BCUT2D eigenvalue weighted by atomic mass is 9.78. The fourth-order valence-corrected chi connectivity index (χ4v) is 1.83. The van der Waals surface area contributed by atoms with Crippen LogP contribution in [0.4, 0.5) is 0 Å². The maximum absolute atomic E-state index is 11.6. The molecule has 1 fully saturated rings. The quantitative estimate of drug-likeness (QED) is 0.485. The van der Waals surface area contributed by atoms with Crippen molar-refractivity contribution in [3.63, 3.8) is 0 Å². The van der Waals surface area contributed by atoms with E-state index in [-0.39, 0.29) is 11.6 Å². The number of ether oxygens (including phenoxy) is 1. The molecule has 0 saturated heterocycles. The maximum atomic E-state index is 11.6. The second-order valence-electron chi connectivity index (χ2n) is 3.57. The van der Waals surface area contributed by atoms with Gasteiger partial charge in [0, 0.05) is 0 Å². The summed E-state index contributed by atoms with van der Waals surface area (Å²) >= 11 is 0. The van der Waals surface area contributed by atoms with Crippen LogP contribution in [-0.4, -0.2) is 24.6 Å². The summed E-state index contributed by atoms with van der Waals surface area (Å²) in [5.41, 5.74) is 0. The smallest absolute Gasteiger partial charge is 0.316 e. The lowest BCUT2D eigenvalue weighted by molar-refractivity contribution is -0.152. The highest BCUT2D eigenvalue weighted by molar-refractivity contribution is 6.09. The molecule has 0 bridgehead atoms. The third-order valence-electron chi connectivity index (χ3n) is 2.65. The third-order valence-corrected chi connectivity index (χ3v) is 2.65. The average molecular weight is 198 g/mol. The van der Waals surface area contributed by atoms with Gasteiger partial charge in [-0.1, -0.05) is 6.42 Å². The largest absolute Gasteiger partial charge is 0.468 e. The zero-order chi connectivity index (χ0) is 10.7. The predicted molar refractivity (Wildman–Crippen MR) is 48.5 cm³/mol. The summed E-state index contributed by atoms with van der Waals surface area (Å²) in [6, 6.07) is 0. The Bertz CT molecular complexity index is 269. The highest BCUT2D eigenvalue weighted by Gasteiger charge is 2.38. The van der Waals surface area contributed by atoms with E-state index in [1.54, 1.807) is 0 Å². The minimum absolute atomic E-state index is 0.149. The van der Waals surface area contributed by atoms with Crippen LogP contribution in [0.25, 0.3) is 0 Å². The summed E-state index contributed by atoms with van der Waals surface area (Å²) in [4.78, 5) is 33.9. The zero-order valence-electron chi connectivity index (χ0n) is 8.41. The zero-order valence-corrected chi connectivity index (χ0v) is 8.41. The van der Waals surface area contributed by atoms with Crippen molar-refractivity contribution in [1.29, 1.82) is 0 Å². The molecule has 0 heterocycles. The summed E-state index contributed by atoms with van der Waals surface area (Å²) in [7, 11) is 1.26. The molecule has 78 valence electrons. The minimum Gasteiger partial charge on any atom is -0.468 e. The van der Waals surface area contributed by atoms with Gasteiger partial charge in [-0.3, -0.25) is 14.4 Å². The summed E-state index contributed by atoms with van der Waals surface area (Å²) in [6.07, 6.45) is 1.81. The molecule has 0 radical (unpaired) electrons. The van der Waals surface area contributed by atoms with Crippen molar-refractivity contribution in [2.75, 3.05) is 7.11 Å². The molecule has 1 saturated carbocycles. The van der Waals surface area contributed by atoms with Gasteiger partial charge in [0.15, 0.2) is 5.78 Å². The van der Waals surface area contributed by atoms with Gasteiger partial charge in [0.05, 0.1) is 13.0 Å². The van der Waals surface area contributed by atoms with Gasteiger partial charge in [-0.05, 0) is 19.8 Å². The molecule has 2 atom stereocenters. The number of rotatable bonds is 2. The van der Waals surface area contributed by atoms with Crippen molar-refractivity contribution in [1.82, 2.24) is 0 Å². The first-order valence-corrected chi connectivity index (χ1v) is 4.70. The van der Waals surface area contributed by atoms with Gasteiger partial charge in [-0.25, -0.2) is 0 Å². The average Bonchev–Trinajstić information content (AvgIpc) is 2.16. The van der Waals surface area contributed by atoms with Crippen molar-refractivity contribution < 1.29 is 19.1 Å². The first-order valence-electron chi connectivity index (χ1n) is 4.70. The first-order chi connectivity index (χ1) is 6.57. The number of methoxy groups -OCH3 is 1. The SMILES string of the molecule is COC(=O)C1CCCC(C(C)=O)C1=O. The molecule has 0 aromatic heterocycles. The number of carbonyl (C=O) groups is 3. The van der Waals surface area contributed by atoms with Gasteiger partial charge in [0.25, 0.3) is 0 Å². The van der Waals surface area contributed by atoms with E-state index in [0.717, 1.165) is 6.42 Å². The van der Waals surface area contributed by atoms with E-state index in [1.807, 2.05) is 0 Å². The van der Waals surface area contributed by atoms with E-state index in [2.05, 4.69) is 4.74 Å². The summed E-state index contributed by atoms with van der Waals surface area (Å²) < 4.78 is 4.52. The molecule has 0 aliphatic heterocycles. The number of hydrogen-bond acceptors (Lipinski definition) is 4. The molecule has 1 rings (SSSR count). The third kappa shape index (κ3) is 2.00. The molecule has 0 aromatic carbocycles. The lowest BCUT2D eigenvalue weighted by Gasteiger charge is -2.24. The van der Waals surface area contributed by atoms with Crippen molar-refractivity contribution in [3.05, 3.63) is 0 Å². The molecule has 4 heteroatoms. The van der Waals surface area contributed by atoms with Gasteiger partial charge in [0.2, 0.25) is 0 Å². The lowest BCUT2D eigenvalue weighted by Crippen LogP contribution is -2.37. The van der Waals surface area contributed by atoms with Crippen molar-refractivity contribution in [3.8, 4) is 0 Å². The van der Waals surface area contributed by atoms with E-state index in [4.69, 9.17) is 0 Å². The Morgan fingerprint density at radius 2 is 1.86 bits per heavy atom. The standard InChI is InChI=1S/C10H14O4/c1-6(11)7-4-3-5-8(9(7)12)10(13)14-2/h7-8H,3-5H2,1-2H3. The second kappa shape index (κ2) is 4.35. The van der Waals surface area contributed by atoms with Gasteiger partial charge < -0.3 is 4.74 Å². The van der Waals surface area contributed by atoms with Crippen LogP contribution in [0.2, 0.25) is 0 Å². The molecule has 0 spiro atoms. The minimum atomic E-state index is -0.720. The number of Topliss-reactive ketones (excluding diaryl/α,β-unsaturated/α-hetero) is 2. The molecule has 1 aliphatic carbocycles. The molecule has 4 nitrogen and oxygen atoms in total. The van der Waals surface area contributed by atoms with Crippen molar-refractivity contribution >= 4 is 17.5 Å². The molecule has 1 aliphatic rings. The summed E-state index contributed by atoms with van der Waals surface area (Å²) in [5, 5.41) is 0. The van der Waals surface area contributed by atoms with Gasteiger partial charge >= 0.3 is 5.97 Å². The van der Waals surface area contributed by atoms with E-state index in [1.165, 1.54) is 14.0 Å². The van der Waals surface area contributed by atoms with Gasteiger partial charge in [-0.2, -0.15) is 0 Å². The Balaban J connectivity index is 2.76. The molecule has 2 unspecified atom stereocenters. The van der Waals surface area contributed by atoms with Gasteiger partial charge in [0.1, 0.15) is 11.7 Å². The Kier molecular flexibility index (Phi) is 3.38. The monoisotopic (exact) mass is 198 g/mol. The molecule has 0 aromatic rings. The summed E-state index contributed by atoms with van der Waals surface area (Å²) in [5.74, 6) is -2.24. The van der Waals surface area contributed by atoms with Crippen LogP contribution >= 0.6 is 0 Å². The first kappa shape index (κ1) is 10.9. The number of carbonyl (C=O) groups excluding carboxylic acids is 3. The molecular formula is C10H14O4. The van der Waals surface area contributed by atoms with Crippen LogP contribution in [0.15, 0.2) is 0 Å². The Morgan fingerprint density at radius 1 is 1.29 bits per heavy atom. The van der Waals surface area contributed by atoms with Crippen molar-refractivity contribution in [2.45, 2.75) is 26.2 Å². The van der Waals surface area contributed by atoms with Crippen LogP contribution < -0.4 is 0 Å². The Morgan fingerprint density at radius 3 is 2.36 bits per heavy atom. The highest BCUT2D eigenvalue weighted by Crippen LogP contribution is 2.27. The van der Waals surface area contributed by atoms with Crippen LogP contribution in [0.1, 0.15) is 26.2 Å². The number of esters is 1. The van der Waals surface area contributed by atoms with E-state index < -0.39 is 17.8 Å². The van der Waals surface area contributed by atoms with E-state index >= 15 is 0 Å². The fourth-order valence-electron chi connectivity index (χ4n) is 1.83. The number of ketones is 2. The van der Waals surface area contributed by atoms with E-state index in [0.29, 0.717) is 12.8 Å². The van der Waals surface area contributed by atoms with Crippen LogP contribution in [0, 0.1) is 11.8 Å². The predicted octanol–water partition coefficient (Wildman–Crippen LogP) is 0.734. The van der Waals surface area contributed by atoms with Crippen LogP contribution in [0.5, 0.6) is 0 Å². The fraction of sp³-hybridized carbons (Fsp3) is 0.700. The van der Waals surface area contributed by atoms with Crippen molar-refractivity contribution in [2.24, 2.45) is 11.8 Å². The molecule has 14 heavy (non-hydrogen) atoms. The van der Waals surface area contributed by atoms with E-state index in [9.17, 15) is 14.4 Å². The molecular weight excluding hydrogens is 184 g/mol. The normalized spacial score (nSPS) is 27.1. The van der Waals surface area contributed by atoms with Crippen LogP contribution in [-0.2, 0) is 19.1 Å². The Labute approximate surface area is 82.6 Å². The maximum Gasteiger partial charge on any atom is 0.316 e.